The molecule has 1 aliphatic carbocycles. The highest BCUT2D eigenvalue weighted by atomic mass is 32.2. The van der Waals surface area contributed by atoms with E-state index < -0.39 is 9.84 Å². The van der Waals surface area contributed by atoms with Crippen molar-refractivity contribution in [1.82, 2.24) is 10.2 Å². The zero-order valence-electron chi connectivity index (χ0n) is 11.9. The first-order valence-electron chi connectivity index (χ1n) is 7.84. The molecule has 114 valence electrons. The predicted molar refractivity (Wildman–Crippen MR) is 77.3 cm³/mol. The summed E-state index contributed by atoms with van der Waals surface area (Å²) in [5.41, 5.74) is 0. The van der Waals surface area contributed by atoms with Crippen LogP contribution in [0.4, 0.5) is 4.79 Å². The quantitative estimate of drug-likeness (QED) is 0.859. The molecule has 0 aromatic carbocycles. The standard InChI is InChI=1S/C14H24N2O3S/c17-14(15-10-12-6-3-9-20(12,18)19)16-8-2-7-13(16)11-4-1-5-11/h11-13H,1-10H2,(H,15,17). The van der Waals surface area contributed by atoms with Crippen molar-refractivity contribution in [1.29, 1.82) is 0 Å². The summed E-state index contributed by atoms with van der Waals surface area (Å²) in [6.45, 7) is 1.11. The largest absolute Gasteiger partial charge is 0.337 e. The zero-order valence-corrected chi connectivity index (χ0v) is 12.7. The maximum absolute atomic E-state index is 12.3. The van der Waals surface area contributed by atoms with E-state index in [4.69, 9.17) is 0 Å². The second kappa shape index (κ2) is 5.54. The Hall–Kier alpha value is -0.780. The summed E-state index contributed by atoms with van der Waals surface area (Å²) in [5.74, 6) is 0.959. The van der Waals surface area contributed by atoms with Crippen molar-refractivity contribution >= 4 is 15.9 Å². The number of nitrogens with one attached hydrogen (secondary N) is 1. The maximum atomic E-state index is 12.3. The molecule has 0 spiro atoms. The first kappa shape index (κ1) is 14.2. The van der Waals surface area contributed by atoms with Crippen molar-refractivity contribution in [3.63, 3.8) is 0 Å². The number of likely N-dealkylation sites (tertiary alicyclic amines) is 1. The van der Waals surface area contributed by atoms with E-state index in [0.29, 0.717) is 18.4 Å². The summed E-state index contributed by atoms with van der Waals surface area (Å²) in [6.07, 6.45) is 7.38. The van der Waals surface area contributed by atoms with Crippen LogP contribution in [0.1, 0.15) is 44.9 Å². The predicted octanol–water partition coefficient (Wildman–Crippen LogP) is 1.54. The molecule has 0 aromatic heterocycles. The molecule has 0 aromatic rings. The second-order valence-corrected chi connectivity index (χ2v) is 8.81. The van der Waals surface area contributed by atoms with E-state index in [2.05, 4.69) is 5.32 Å². The topological polar surface area (TPSA) is 66.5 Å². The minimum Gasteiger partial charge on any atom is -0.337 e. The molecule has 20 heavy (non-hydrogen) atoms. The Morgan fingerprint density at radius 2 is 1.90 bits per heavy atom. The molecule has 2 heterocycles. The van der Waals surface area contributed by atoms with Gasteiger partial charge in [0.2, 0.25) is 0 Å². The highest BCUT2D eigenvalue weighted by molar-refractivity contribution is 7.92. The van der Waals surface area contributed by atoms with Crippen molar-refractivity contribution < 1.29 is 13.2 Å². The average Bonchev–Trinajstić information content (AvgIpc) is 2.91. The molecule has 2 atom stereocenters. The van der Waals surface area contributed by atoms with Crippen LogP contribution in [0.5, 0.6) is 0 Å². The Labute approximate surface area is 121 Å². The number of hydrogen-bond donors (Lipinski definition) is 1. The van der Waals surface area contributed by atoms with Gasteiger partial charge in [-0.15, -0.1) is 0 Å². The van der Waals surface area contributed by atoms with Crippen LogP contribution in [0.2, 0.25) is 0 Å². The van der Waals surface area contributed by atoms with Crippen molar-refractivity contribution in [2.75, 3.05) is 18.8 Å². The molecule has 2 unspecified atom stereocenters. The van der Waals surface area contributed by atoms with Crippen LogP contribution in [0.15, 0.2) is 0 Å². The lowest BCUT2D eigenvalue weighted by molar-refractivity contribution is 0.139. The van der Waals surface area contributed by atoms with Gasteiger partial charge in [0.15, 0.2) is 9.84 Å². The Kier molecular flexibility index (Phi) is 3.93. The fraction of sp³-hybridized carbons (Fsp3) is 0.929. The molecule has 1 N–H and O–H groups in total. The van der Waals surface area contributed by atoms with Gasteiger partial charge in [0.1, 0.15) is 0 Å². The monoisotopic (exact) mass is 300 g/mol. The number of nitrogens with zero attached hydrogens (tertiary/aromatic N) is 1. The van der Waals surface area contributed by atoms with E-state index in [1.54, 1.807) is 0 Å². The Morgan fingerprint density at radius 1 is 1.10 bits per heavy atom. The summed E-state index contributed by atoms with van der Waals surface area (Å²) < 4.78 is 23.5. The van der Waals surface area contributed by atoms with E-state index in [9.17, 15) is 13.2 Å². The number of urea groups is 1. The molecule has 3 rings (SSSR count). The highest BCUT2D eigenvalue weighted by Crippen LogP contribution is 2.37. The van der Waals surface area contributed by atoms with Gasteiger partial charge in [-0.2, -0.15) is 0 Å². The Balaban J connectivity index is 1.53. The normalized spacial score (nSPS) is 33.1. The van der Waals surface area contributed by atoms with Gasteiger partial charge in [0.25, 0.3) is 0 Å². The fourth-order valence-electron chi connectivity index (χ4n) is 3.75. The van der Waals surface area contributed by atoms with Gasteiger partial charge in [0.05, 0.1) is 11.0 Å². The highest BCUT2D eigenvalue weighted by Gasteiger charge is 2.38. The number of rotatable bonds is 3. The van der Waals surface area contributed by atoms with Gasteiger partial charge < -0.3 is 10.2 Å². The molecule has 1 saturated carbocycles. The van der Waals surface area contributed by atoms with Crippen LogP contribution in [0.3, 0.4) is 0 Å². The Bertz CT molecular complexity index is 473. The van der Waals surface area contributed by atoms with Gasteiger partial charge >= 0.3 is 6.03 Å². The summed E-state index contributed by atoms with van der Waals surface area (Å²) in [4.78, 5) is 14.2. The molecule has 5 nitrogen and oxygen atoms in total. The molecule has 3 aliphatic rings. The molecule has 2 saturated heterocycles. The lowest BCUT2D eigenvalue weighted by atomic mass is 9.79. The smallest absolute Gasteiger partial charge is 0.317 e. The molecule has 2 aliphatic heterocycles. The van der Waals surface area contributed by atoms with E-state index in [-0.39, 0.29) is 23.6 Å². The van der Waals surface area contributed by atoms with Gasteiger partial charge in [-0.3, -0.25) is 0 Å². The van der Waals surface area contributed by atoms with E-state index in [0.717, 1.165) is 25.8 Å². The molecule has 0 radical (unpaired) electrons. The van der Waals surface area contributed by atoms with Crippen molar-refractivity contribution in [3.8, 4) is 0 Å². The third-order valence-electron chi connectivity index (χ3n) is 5.20. The number of hydrogen-bond acceptors (Lipinski definition) is 3. The maximum Gasteiger partial charge on any atom is 0.317 e. The van der Waals surface area contributed by atoms with Crippen LogP contribution in [0.25, 0.3) is 0 Å². The first-order chi connectivity index (χ1) is 9.58. The van der Waals surface area contributed by atoms with Gasteiger partial charge in [-0.05, 0) is 44.4 Å². The minimum absolute atomic E-state index is 0.0542. The molecule has 2 amide bonds. The summed E-state index contributed by atoms with van der Waals surface area (Å²) >= 11 is 0. The summed E-state index contributed by atoms with van der Waals surface area (Å²) in [7, 11) is -2.96. The van der Waals surface area contributed by atoms with Gasteiger partial charge in [-0.25, -0.2) is 13.2 Å². The third kappa shape index (κ3) is 2.67. The van der Waals surface area contributed by atoms with Crippen LogP contribution in [-0.2, 0) is 9.84 Å². The molecular weight excluding hydrogens is 276 g/mol. The zero-order chi connectivity index (χ0) is 14.2. The molecule has 0 bridgehead atoms. The van der Waals surface area contributed by atoms with Gasteiger partial charge in [0, 0.05) is 19.1 Å². The van der Waals surface area contributed by atoms with E-state index in [1.165, 1.54) is 19.3 Å². The van der Waals surface area contributed by atoms with E-state index in [1.807, 2.05) is 4.90 Å². The van der Waals surface area contributed by atoms with Gasteiger partial charge in [-0.1, -0.05) is 6.42 Å². The molecule has 3 fully saturated rings. The molecular formula is C14H24N2O3S. The Morgan fingerprint density at radius 3 is 2.50 bits per heavy atom. The van der Waals surface area contributed by atoms with Crippen LogP contribution >= 0.6 is 0 Å². The fourth-order valence-corrected chi connectivity index (χ4v) is 5.51. The molecule has 6 heteroatoms. The van der Waals surface area contributed by atoms with Crippen molar-refractivity contribution in [2.45, 2.75) is 56.2 Å². The van der Waals surface area contributed by atoms with Crippen molar-refractivity contribution in [3.05, 3.63) is 0 Å². The number of carbonyl (C=O) groups is 1. The van der Waals surface area contributed by atoms with Crippen LogP contribution < -0.4 is 5.32 Å². The van der Waals surface area contributed by atoms with E-state index >= 15 is 0 Å². The lowest BCUT2D eigenvalue weighted by Crippen LogP contribution is -2.48. The minimum atomic E-state index is -2.96. The SMILES string of the molecule is O=C(NCC1CCCS1(=O)=O)N1CCCC1C1CCC1. The number of amides is 2. The number of carbonyl (C=O) groups excluding carboxylic acids is 1. The van der Waals surface area contributed by atoms with Crippen molar-refractivity contribution in [2.24, 2.45) is 5.92 Å². The first-order valence-corrected chi connectivity index (χ1v) is 9.55. The number of sulfone groups is 1. The van der Waals surface area contributed by atoms with Crippen LogP contribution in [-0.4, -0.2) is 49.5 Å². The summed E-state index contributed by atoms with van der Waals surface area (Å²) in [6, 6.07) is 0.338. The van der Waals surface area contributed by atoms with Crippen LogP contribution in [0, 0.1) is 5.92 Å². The summed E-state index contributed by atoms with van der Waals surface area (Å²) in [5, 5.41) is 2.50. The average molecular weight is 300 g/mol. The third-order valence-corrected chi connectivity index (χ3v) is 7.47. The lowest BCUT2D eigenvalue weighted by Gasteiger charge is -2.37. The second-order valence-electron chi connectivity index (χ2n) is 6.41.